The Labute approximate surface area is 165 Å². The van der Waals surface area contributed by atoms with Crippen molar-refractivity contribution in [3.8, 4) is 5.75 Å². The normalized spacial score (nSPS) is 29.5. The van der Waals surface area contributed by atoms with Crippen molar-refractivity contribution < 1.29 is 14.3 Å². The molecule has 0 radical (unpaired) electrons. The first-order valence-electron chi connectivity index (χ1n) is 8.62. The number of halogens is 2. The summed E-state index contributed by atoms with van der Waals surface area (Å²) >= 11 is 9.72. The maximum absolute atomic E-state index is 12.6. The summed E-state index contributed by atoms with van der Waals surface area (Å²) in [7, 11) is 0. The third-order valence-corrected chi connectivity index (χ3v) is 6.01. The van der Waals surface area contributed by atoms with E-state index in [-0.39, 0.29) is 41.6 Å². The van der Waals surface area contributed by atoms with E-state index >= 15 is 0 Å². The van der Waals surface area contributed by atoms with Crippen LogP contribution in [0.4, 0.5) is 0 Å². The van der Waals surface area contributed by atoms with E-state index in [1.165, 1.54) is 6.21 Å². The SMILES string of the molecule is CC(C)Oc1c(Cl)cc(C=NN2C(=O)[C@@H]3[C@H](C2=O)[C@H]2C=C[C@H]3C2)cc1Br. The van der Waals surface area contributed by atoms with E-state index < -0.39 is 0 Å². The monoisotopic (exact) mass is 436 g/mol. The molecule has 1 aromatic rings. The molecule has 0 N–H and O–H groups in total. The van der Waals surface area contributed by atoms with Crippen molar-refractivity contribution in [2.75, 3.05) is 0 Å². The third kappa shape index (κ3) is 2.79. The van der Waals surface area contributed by atoms with Crippen LogP contribution in [0, 0.1) is 23.7 Å². The van der Waals surface area contributed by atoms with Crippen molar-refractivity contribution in [2.24, 2.45) is 28.8 Å². The lowest BCUT2D eigenvalue weighted by Gasteiger charge is -2.14. The molecular weight excluding hydrogens is 420 g/mol. The van der Waals surface area contributed by atoms with Gasteiger partial charge in [-0.15, -0.1) is 0 Å². The second-order valence-electron chi connectivity index (χ2n) is 7.21. The molecular formula is C19H18BrClN2O3. The fraction of sp³-hybridized carbons (Fsp3) is 0.421. The summed E-state index contributed by atoms with van der Waals surface area (Å²) in [6, 6.07) is 3.49. The Hall–Kier alpha value is -1.66. The number of fused-ring (bicyclic) bond motifs is 5. The molecule has 1 saturated carbocycles. The fourth-order valence-corrected chi connectivity index (χ4v) is 5.08. The van der Waals surface area contributed by atoms with Crippen molar-refractivity contribution in [3.05, 3.63) is 39.3 Å². The molecule has 26 heavy (non-hydrogen) atoms. The van der Waals surface area contributed by atoms with Gasteiger partial charge >= 0.3 is 0 Å². The lowest BCUT2D eigenvalue weighted by molar-refractivity contribution is -0.140. The van der Waals surface area contributed by atoms with Gasteiger partial charge in [-0.1, -0.05) is 23.8 Å². The van der Waals surface area contributed by atoms with Gasteiger partial charge in [-0.2, -0.15) is 10.1 Å². The maximum Gasteiger partial charge on any atom is 0.254 e. The molecule has 1 aliphatic heterocycles. The highest BCUT2D eigenvalue weighted by molar-refractivity contribution is 9.10. The summed E-state index contributed by atoms with van der Waals surface area (Å²) < 4.78 is 6.37. The molecule has 5 nitrogen and oxygen atoms in total. The molecule has 7 heteroatoms. The van der Waals surface area contributed by atoms with Gasteiger partial charge in [-0.05, 0) is 65.7 Å². The third-order valence-electron chi connectivity index (χ3n) is 5.14. The second-order valence-corrected chi connectivity index (χ2v) is 8.47. The first-order valence-corrected chi connectivity index (χ1v) is 9.79. The molecule has 4 rings (SSSR count). The number of hydrogen-bond donors (Lipinski definition) is 0. The predicted octanol–water partition coefficient (Wildman–Crippen LogP) is 4.03. The van der Waals surface area contributed by atoms with Gasteiger partial charge in [0.05, 0.1) is 33.6 Å². The lowest BCUT2D eigenvalue weighted by Crippen LogP contribution is -2.28. The molecule has 2 bridgehead atoms. The van der Waals surface area contributed by atoms with Crippen LogP contribution in [-0.4, -0.2) is 29.1 Å². The minimum absolute atomic E-state index is 0.00782. The highest BCUT2D eigenvalue weighted by atomic mass is 79.9. The highest BCUT2D eigenvalue weighted by Gasteiger charge is 2.59. The number of ether oxygens (including phenoxy) is 1. The summed E-state index contributed by atoms with van der Waals surface area (Å²) in [5.74, 6) is 0.0364. The Kier molecular flexibility index (Phi) is 4.43. The zero-order chi connectivity index (χ0) is 18.6. The molecule has 0 spiro atoms. The number of amides is 2. The van der Waals surface area contributed by atoms with Crippen molar-refractivity contribution in [1.82, 2.24) is 5.01 Å². The number of carbonyl (C=O) groups is 2. The Morgan fingerprint density at radius 2 is 1.85 bits per heavy atom. The molecule has 4 atom stereocenters. The smallest absolute Gasteiger partial charge is 0.254 e. The van der Waals surface area contributed by atoms with Gasteiger partial charge < -0.3 is 4.74 Å². The van der Waals surface area contributed by atoms with Crippen molar-refractivity contribution in [3.63, 3.8) is 0 Å². The van der Waals surface area contributed by atoms with Gasteiger partial charge in [0.2, 0.25) is 0 Å². The molecule has 1 saturated heterocycles. The topological polar surface area (TPSA) is 59.0 Å². The van der Waals surface area contributed by atoms with Crippen LogP contribution in [0.25, 0.3) is 0 Å². The molecule has 2 aliphatic carbocycles. The molecule has 0 aromatic heterocycles. The number of allylic oxidation sites excluding steroid dienone is 2. The Morgan fingerprint density at radius 1 is 1.23 bits per heavy atom. The molecule has 2 amide bonds. The fourth-order valence-electron chi connectivity index (χ4n) is 4.13. The number of hydrogen-bond acceptors (Lipinski definition) is 4. The summed E-state index contributed by atoms with van der Waals surface area (Å²) in [6.45, 7) is 3.84. The van der Waals surface area contributed by atoms with Crippen LogP contribution in [0.5, 0.6) is 5.75 Å². The van der Waals surface area contributed by atoms with Crippen LogP contribution in [-0.2, 0) is 9.59 Å². The minimum atomic E-state index is -0.244. The van der Waals surface area contributed by atoms with Crippen LogP contribution in [0.15, 0.2) is 33.9 Å². The zero-order valence-corrected chi connectivity index (χ0v) is 16.7. The predicted molar refractivity (Wildman–Crippen MR) is 102 cm³/mol. The molecule has 2 fully saturated rings. The van der Waals surface area contributed by atoms with Gasteiger partial charge in [-0.25, -0.2) is 0 Å². The molecule has 1 heterocycles. The average Bonchev–Trinajstić information content (AvgIpc) is 3.24. The zero-order valence-electron chi connectivity index (χ0n) is 14.4. The second kappa shape index (κ2) is 6.50. The van der Waals surface area contributed by atoms with Gasteiger partial charge in [0.25, 0.3) is 11.8 Å². The van der Waals surface area contributed by atoms with Crippen LogP contribution in [0.3, 0.4) is 0 Å². The minimum Gasteiger partial charge on any atom is -0.488 e. The van der Waals surface area contributed by atoms with Crippen LogP contribution in [0.1, 0.15) is 25.8 Å². The average molecular weight is 438 g/mol. The van der Waals surface area contributed by atoms with E-state index in [0.29, 0.717) is 20.8 Å². The van der Waals surface area contributed by atoms with E-state index in [9.17, 15) is 9.59 Å². The summed E-state index contributed by atoms with van der Waals surface area (Å²) in [4.78, 5) is 25.2. The van der Waals surface area contributed by atoms with E-state index in [0.717, 1.165) is 11.4 Å². The highest BCUT2D eigenvalue weighted by Crippen LogP contribution is 2.52. The first-order chi connectivity index (χ1) is 12.4. The standard InChI is InChI=1S/C19H18BrClN2O3/c1-9(2)26-17-13(20)5-10(6-14(17)21)8-22-23-18(24)15-11-3-4-12(7-11)16(15)19(23)25/h3-6,8-9,11-12,15-16H,7H2,1-2H3/t11-,12-,15-,16+/m0/s1. The number of rotatable bonds is 4. The van der Waals surface area contributed by atoms with Crippen LogP contribution in [0.2, 0.25) is 5.02 Å². The molecule has 3 aliphatic rings. The number of carbonyl (C=O) groups excluding carboxylic acids is 2. The molecule has 0 unspecified atom stereocenters. The van der Waals surface area contributed by atoms with Crippen molar-refractivity contribution >= 4 is 45.6 Å². The van der Waals surface area contributed by atoms with Crippen LogP contribution >= 0.6 is 27.5 Å². The molecule has 136 valence electrons. The largest absolute Gasteiger partial charge is 0.488 e. The Morgan fingerprint density at radius 3 is 2.38 bits per heavy atom. The number of nitrogens with zero attached hydrogens (tertiary/aromatic N) is 2. The molecule has 1 aromatic carbocycles. The summed E-state index contributed by atoms with van der Waals surface area (Å²) in [5.41, 5.74) is 0.678. The number of hydrazone groups is 1. The maximum atomic E-state index is 12.6. The van der Waals surface area contributed by atoms with Gasteiger partial charge in [0.15, 0.2) is 5.75 Å². The van der Waals surface area contributed by atoms with Gasteiger partial charge in [0.1, 0.15) is 0 Å². The van der Waals surface area contributed by atoms with Gasteiger partial charge in [0, 0.05) is 0 Å². The first kappa shape index (κ1) is 17.7. The number of imide groups is 1. The van der Waals surface area contributed by atoms with E-state index in [2.05, 4.69) is 33.2 Å². The summed E-state index contributed by atoms with van der Waals surface area (Å²) in [6.07, 6.45) is 6.52. The van der Waals surface area contributed by atoms with E-state index in [1.807, 2.05) is 13.8 Å². The van der Waals surface area contributed by atoms with Crippen molar-refractivity contribution in [2.45, 2.75) is 26.4 Å². The van der Waals surface area contributed by atoms with Crippen molar-refractivity contribution in [1.29, 1.82) is 0 Å². The summed E-state index contributed by atoms with van der Waals surface area (Å²) in [5, 5.41) is 5.64. The van der Waals surface area contributed by atoms with E-state index in [4.69, 9.17) is 16.3 Å². The Balaban J connectivity index is 1.56. The lowest BCUT2D eigenvalue weighted by atomic mass is 9.85. The van der Waals surface area contributed by atoms with E-state index in [1.54, 1.807) is 12.1 Å². The Bertz CT molecular complexity index is 798. The van der Waals surface area contributed by atoms with Crippen LogP contribution < -0.4 is 4.74 Å². The van der Waals surface area contributed by atoms with Gasteiger partial charge in [-0.3, -0.25) is 9.59 Å². The quantitative estimate of drug-likeness (QED) is 0.406. The number of benzene rings is 1.